The highest BCUT2D eigenvalue weighted by Gasteiger charge is 2.60. The van der Waals surface area contributed by atoms with Gasteiger partial charge in [-0.15, -0.1) is 0 Å². The van der Waals surface area contributed by atoms with Crippen LogP contribution in [0.1, 0.15) is 74.1 Å². The smallest absolute Gasteiger partial charge is 0.434 e. The molecule has 0 aliphatic heterocycles. The quantitative estimate of drug-likeness (QED) is 0.293. The van der Waals surface area contributed by atoms with Gasteiger partial charge in [-0.1, -0.05) is 48.0 Å². The van der Waals surface area contributed by atoms with Gasteiger partial charge in [-0.25, -0.2) is 0 Å². The summed E-state index contributed by atoms with van der Waals surface area (Å²) in [6.07, 6.45) is -15.5. The van der Waals surface area contributed by atoms with Crippen LogP contribution in [0.2, 0.25) is 0 Å². The minimum atomic E-state index is -5.80. The molecule has 0 radical (unpaired) electrons. The third-order valence-electron chi connectivity index (χ3n) is 5.29. The molecule has 0 saturated heterocycles. The van der Waals surface area contributed by atoms with Crippen LogP contribution in [-0.2, 0) is 19.1 Å². The van der Waals surface area contributed by atoms with Crippen LogP contribution >= 0.6 is 0 Å². The Kier molecular flexibility index (Phi) is 9.72. The van der Waals surface area contributed by atoms with E-state index >= 15 is 0 Å². The summed E-state index contributed by atoms with van der Waals surface area (Å²) in [5.41, 5.74) is -1.78. The molecule has 178 valence electrons. The molecule has 2 atom stereocenters. The second kappa shape index (κ2) is 10.2. The van der Waals surface area contributed by atoms with Gasteiger partial charge in [0.15, 0.2) is 0 Å². The molecule has 10 heteroatoms. The Morgan fingerprint density at radius 2 is 1.33 bits per heavy atom. The first-order chi connectivity index (χ1) is 13.3. The standard InChI is InChI=1S/C20H32F6O4/c1-8-17(5,6)10-13(12(3)4)15(28)30-18(7,9-2)11-14(27)29-16(19(21,22)23)20(24,25)26/h12-13,16H,8-11H2,1-7H3. The Labute approximate surface area is 173 Å². The van der Waals surface area contributed by atoms with Crippen molar-refractivity contribution in [2.75, 3.05) is 0 Å². The number of carbonyl (C=O) groups is 2. The third-order valence-corrected chi connectivity index (χ3v) is 5.29. The van der Waals surface area contributed by atoms with E-state index in [1.54, 1.807) is 0 Å². The molecule has 30 heavy (non-hydrogen) atoms. The van der Waals surface area contributed by atoms with Crippen molar-refractivity contribution in [3.05, 3.63) is 0 Å². The van der Waals surface area contributed by atoms with Crippen molar-refractivity contribution in [2.45, 2.75) is 98.2 Å². The fraction of sp³-hybridized carbons (Fsp3) is 0.900. The van der Waals surface area contributed by atoms with E-state index in [0.29, 0.717) is 6.42 Å². The number of hydrogen-bond acceptors (Lipinski definition) is 4. The van der Waals surface area contributed by atoms with Gasteiger partial charge in [0.05, 0.1) is 12.3 Å². The summed E-state index contributed by atoms with van der Waals surface area (Å²) in [6, 6.07) is 0. The lowest BCUT2D eigenvalue weighted by atomic mass is 9.77. The number of rotatable bonds is 10. The van der Waals surface area contributed by atoms with Crippen LogP contribution in [0.15, 0.2) is 0 Å². The molecule has 0 aliphatic carbocycles. The molecular formula is C20H32F6O4. The topological polar surface area (TPSA) is 52.6 Å². The summed E-state index contributed by atoms with van der Waals surface area (Å²) >= 11 is 0. The van der Waals surface area contributed by atoms with Crippen molar-refractivity contribution < 1.29 is 45.4 Å². The zero-order valence-corrected chi connectivity index (χ0v) is 18.5. The van der Waals surface area contributed by atoms with E-state index in [2.05, 4.69) is 4.74 Å². The summed E-state index contributed by atoms with van der Waals surface area (Å²) in [7, 11) is 0. The predicted octanol–water partition coefficient (Wildman–Crippen LogP) is 6.22. The maximum absolute atomic E-state index is 12.7. The maximum Gasteiger partial charge on any atom is 0.434 e. The maximum atomic E-state index is 12.7. The van der Waals surface area contributed by atoms with Gasteiger partial charge < -0.3 is 9.47 Å². The number of ether oxygens (including phenoxy) is 2. The lowest BCUT2D eigenvalue weighted by molar-refractivity contribution is -0.314. The molecule has 0 aromatic heterocycles. The van der Waals surface area contributed by atoms with Crippen molar-refractivity contribution in [3.63, 3.8) is 0 Å². The first kappa shape index (κ1) is 28.5. The Morgan fingerprint density at radius 3 is 1.67 bits per heavy atom. The van der Waals surface area contributed by atoms with Gasteiger partial charge in [0.25, 0.3) is 6.10 Å². The molecular weight excluding hydrogens is 418 g/mol. The Hall–Kier alpha value is -1.48. The van der Waals surface area contributed by atoms with Gasteiger partial charge in [-0.05, 0) is 31.1 Å². The van der Waals surface area contributed by atoms with Crippen molar-refractivity contribution in [1.29, 1.82) is 0 Å². The van der Waals surface area contributed by atoms with Crippen LogP contribution in [-0.4, -0.2) is 36.0 Å². The van der Waals surface area contributed by atoms with E-state index < -0.39 is 48.3 Å². The Bertz CT molecular complexity index is 569. The van der Waals surface area contributed by atoms with Crippen molar-refractivity contribution in [3.8, 4) is 0 Å². The highest BCUT2D eigenvalue weighted by atomic mass is 19.4. The monoisotopic (exact) mass is 450 g/mol. The predicted molar refractivity (Wildman–Crippen MR) is 98.4 cm³/mol. The zero-order chi connectivity index (χ0) is 24.1. The van der Waals surface area contributed by atoms with Gasteiger partial charge >= 0.3 is 24.3 Å². The van der Waals surface area contributed by atoms with Crippen molar-refractivity contribution in [1.82, 2.24) is 0 Å². The van der Waals surface area contributed by atoms with E-state index in [1.807, 2.05) is 34.6 Å². The molecule has 4 nitrogen and oxygen atoms in total. The highest BCUT2D eigenvalue weighted by Crippen LogP contribution is 2.37. The number of halogens is 6. The molecule has 0 aromatic carbocycles. The normalized spacial score (nSPS) is 16.4. The molecule has 0 aliphatic rings. The molecule has 0 bridgehead atoms. The summed E-state index contributed by atoms with van der Waals surface area (Å²) in [5.74, 6) is -3.05. The van der Waals surface area contributed by atoms with Crippen LogP contribution in [0.5, 0.6) is 0 Å². The molecule has 0 fully saturated rings. The Morgan fingerprint density at radius 1 is 0.867 bits per heavy atom. The van der Waals surface area contributed by atoms with Gasteiger partial charge in [0.1, 0.15) is 5.60 Å². The average Bonchev–Trinajstić information content (AvgIpc) is 2.55. The van der Waals surface area contributed by atoms with Crippen LogP contribution in [0.25, 0.3) is 0 Å². The molecule has 0 aromatic rings. The van der Waals surface area contributed by atoms with E-state index in [9.17, 15) is 35.9 Å². The van der Waals surface area contributed by atoms with Crippen LogP contribution < -0.4 is 0 Å². The van der Waals surface area contributed by atoms with Crippen LogP contribution in [0.3, 0.4) is 0 Å². The highest BCUT2D eigenvalue weighted by molar-refractivity contribution is 5.75. The van der Waals surface area contributed by atoms with Crippen LogP contribution in [0, 0.1) is 17.3 Å². The molecule has 0 heterocycles. The van der Waals surface area contributed by atoms with Crippen molar-refractivity contribution >= 4 is 11.9 Å². The third kappa shape index (κ3) is 9.12. The summed E-state index contributed by atoms with van der Waals surface area (Å²) in [5, 5.41) is 0. The fourth-order valence-electron chi connectivity index (χ4n) is 2.68. The van der Waals surface area contributed by atoms with E-state index in [1.165, 1.54) is 13.8 Å². The SMILES string of the molecule is CCC(C)(C)CC(C(=O)OC(C)(CC)CC(=O)OC(C(F)(F)F)C(F)(F)F)C(C)C. The Balaban J connectivity index is 5.40. The summed E-state index contributed by atoms with van der Waals surface area (Å²) in [6.45, 7) is 12.3. The molecule has 2 unspecified atom stereocenters. The lowest BCUT2D eigenvalue weighted by Crippen LogP contribution is -2.47. The molecule has 0 saturated carbocycles. The summed E-state index contributed by atoms with van der Waals surface area (Å²) in [4.78, 5) is 24.6. The van der Waals surface area contributed by atoms with Gasteiger partial charge in [0, 0.05) is 0 Å². The minimum absolute atomic E-state index is 0.00146. The first-order valence-electron chi connectivity index (χ1n) is 9.83. The number of alkyl halides is 6. The average molecular weight is 450 g/mol. The fourth-order valence-corrected chi connectivity index (χ4v) is 2.68. The molecule has 0 amide bonds. The molecule has 0 N–H and O–H groups in total. The van der Waals surface area contributed by atoms with Gasteiger partial charge in [0.2, 0.25) is 0 Å². The van der Waals surface area contributed by atoms with Crippen LogP contribution in [0.4, 0.5) is 26.3 Å². The minimum Gasteiger partial charge on any atom is -0.459 e. The second-order valence-electron chi connectivity index (χ2n) is 8.93. The van der Waals surface area contributed by atoms with E-state index in [4.69, 9.17) is 4.74 Å². The molecule has 0 spiro atoms. The number of carbonyl (C=O) groups excluding carboxylic acids is 2. The lowest BCUT2D eigenvalue weighted by Gasteiger charge is -2.34. The molecule has 0 rings (SSSR count). The number of hydrogen-bond donors (Lipinski definition) is 0. The van der Waals surface area contributed by atoms with E-state index in [-0.39, 0.29) is 17.8 Å². The van der Waals surface area contributed by atoms with Gasteiger partial charge in [-0.3, -0.25) is 9.59 Å². The van der Waals surface area contributed by atoms with Crippen molar-refractivity contribution in [2.24, 2.45) is 17.3 Å². The summed E-state index contributed by atoms with van der Waals surface area (Å²) < 4.78 is 84.7. The first-order valence-corrected chi connectivity index (χ1v) is 9.83. The van der Waals surface area contributed by atoms with Gasteiger partial charge in [-0.2, -0.15) is 26.3 Å². The number of esters is 2. The largest absolute Gasteiger partial charge is 0.459 e. The second-order valence-corrected chi connectivity index (χ2v) is 8.93. The van der Waals surface area contributed by atoms with E-state index in [0.717, 1.165) is 6.42 Å². The zero-order valence-electron chi connectivity index (χ0n) is 18.5.